The first-order chi connectivity index (χ1) is 15.2. The monoisotopic (exact) mass is 473 g/mol. The molecule has 3 N–H and O–H groups in total. The van der Waals surface area contributed by atoms with Crippen LogP contribution in [-0.2, 0) is 28.1 Å². The maximum atomic E-state index is 13.6. The first-order valence-electron chi connectivity index (χ1n) is 10.0. The summed E-state index contributed by atoms with van der Waals surface area (Å²) in [5.41, 5.74) is 5.29. The van der Waals surface area contributed by atoms with E-state index in [0.717, 1.165) is 17.4 Å². The van der Waals surface area contributed by atoms with Crippen LogP contribution in [0.3, 0.4) is 0 Å². The van der Waals surface area contributed by atoms with Crippen LogP contribution in [0, 0.1) is 0 Å². The fraction of sp³-hybridized carbons (Fsp3) is 0.455. The molecule has 2 rings (SSSR count). The number of ether oxygens (including phenoxy) is 2. The Morgan fingerprint density at radius 3 is 2.50 bits per heavy atom. The van der Waals surface area contributed by atoms with Gasteiger partial charge in [-0.3, -0.25) is 4.52 Å². The smallest absolute Gasteiger partial charge is 0.419 e. The van der Waals surface area contributed by atoms with E-state index in [1.165, 1.54) is 12.1 Å². The van der Waals surface area contributed by atoms with Gasteiger partial charge in [0.05, 0.1) is 38.0 Å². The molecule has 0 heterocycles. The zero-order valence-electron chi connectivity index (χ0n) is 17.7. The Morgan fingerprint density at radius 2 is 1.84 bits per heavy atom. The van der Waals surface area contributed by atoms with Crippen LogP contribution in [0.15, 0.2) is 42.5 Å². The van der Waals surface area contributed by atoms with Crippen molar-refractivity contribution in [2.45, 2.75) is 37.4 Å². The minimum absolute atomic E-state index is 0.127. The average molecular weight is 473 g/mol. The molecule has 2 aromatic carbocycles. The van der Waals surface area contributed by atoms with Crippen molar-refractivity contribution in [2.24, 2.45) is 5.73 Å². The van der Waals surface area contributed by atoms with Gasteiger partial charge in [-0.1, -0.05) is 18.2 Å². The molecule has 0 saturated heterocycles. The van der Waals surface area contributed by atoms with Crippen LogP contribution in [0.2, 0.25) is 0 Å². The number of aliphatic hydroxyl groups is 1. The molecule has 0 spiro atoms. The van der Waals surface area contributed by atoms with E-state index in [9.17, 15) is 22.8 Å². The molecule has 10 heteroatoms. The van der Waals surface area contributed by atoms with Crippen LogP contribution < -0.4 is 15.2 Å². The lowest BCUT2D eigenvalue weighted by Gasteiger charge is -2.25. The maximum absolute atomic E-state index is 13.6. The molecular weight excluding hydrogens is 446 g/mol. The molecule has 0 radical (unpaired) electrons. The Labute approximate surface area is 186 Å². The fourth-order valence-electron chi connectivity index (χ4n) is 3.11. The van der Waals surface area contributed by atoms with Gasteiger partial charge in [-0.2, -0.15) is 13.2 Å². The topological polar surface area (TPSA) is 91.0 Å². The molecule has 176 valence electrons. The summed E-state index contributed by atoms with van der Waals surface area (Å²) in [6.45, 7) is -0.514. The number of hydrogen-bond acceptors (Lipinski definition) is 6. The van der Waals surface area contributed by atoms with E-state index < -0.39 is 32.6 Å². The summed E-state index contributed by atoms with van der Waals surface area (Å²) < 4.78 is 66.5. The minimum atomic E-state index is -4.58. The van der Waals surface area contributed by atoms with Gasteiger partial charge in [0.25, 0.3) is 0 Å². The fourth-order valence-corrected chi connectivity index (χ4v) is 3.42. The molecule has 0 aliphatic heterocycles. The average Bonchev–Trinajstić information content (AvgIpc) is 2.79. The number of aliphatic hydroxyl groups excluding tert-OH is 1. The van der Waals surface area contributed by atoms with Gasteiger partial charge in [-0.05, 0) is 61.1 Å². The van der Waals surface area contributed by atoms with Gasteiger partial charge in [0.1, 0.15) is 11.5 Å². The molecule has 0 amide bonds. The van der Waals surface area contributed by atoms with Crippen LogP contribution in [-0.4, -0.2) is 37.6 Å². The van der Waals surface area contributed by atoms with Crippen LogP contribution in [0.4, 0.5) is 13.2 Å². The number of hydrogen-bond donors (Lipinski definition) is 2. The van der Waals surface area contributed by atoms with Crippen molar-refractivity contribution in [2.75, 3.05) is 26.9 Å². The third kappa shape index (κ3) is 8.06. The highest BCUT2D eigenvalue weighted by atomic mass is 31.1. The second kappa shape index (κ2) is 12.2. The van der Waals surface area contributed by atoms with Crippen LogP contribution in [0.5, 0.6) is 11.5 Å². The van der Waals surface area contributed by atoms with Crippen molar-refractivity contribution in [3.05, 3.63) is 59.2 Å². The molecule has 0 aromatic heterocycles. The second-order valence-electron chi connectivity index (χ2n) is 7.50. The summed E-state index contributed by atoms with van der Waals surface area (Å²) in [5.74, 6) is 0.488. The molecule has 0 fully saturated rings. The van der Waals surface area contributed by atoms with Crippen molar-refractivity contribution in [3.63, 3.8) is 0 Å². The van der Waals surface area contributed by atoms with Crippen LogP contribution in [0.25, 0.3) is 0 Å². The van der Waals surface area contributed by atoms with Gasteiger partial charge in [-0.15, -0.1) is 0 Å². The SMILES string of the molecule is COc1cccc(CCCOc2ccc(CCC(N)(CO)COP=O)cc2C(F)(F)F)c1. The van der Waals surface area contributed by atoms with E-state index >= 15 is 0 Å². The summed E-state index contributed by atoms with van der Waals surface area (Å²) in [4.78, 5) is 0. The molecule has 0 aliphatic rings. The van der Waals surface area contributed by atoms with E-state index in [2.05, 4.69) is 0 Å². The van der Waals surface area contributed by atoms with Crippen molar-refractivity contribution in [1.29, 1.82) is 0 Å². The molecule has 32 heavy (non-hydrogen) atoms. The van der Waals surface area contributed by atoms with E-state index in [0.29, 0.717) is 18.4 Å². The molecule has 1 unspecified atom stereocenters. The van der Waals surface area contributed by atoms with E-state index in [4.69, 9.17) is 19.7 Å². The van der Waals surface area contributed by atoms with Crippen molar-refractivity contribution in [3.8, 4) is 11.5 Å². The number of halogens is 3. The largest absolute Gasteiger partial charge is 0.497 e. The second-order valence-corrected chi connectivity index (χ2v) is 7.91. The first-order valence-corrected chi connectivity index (χ1v) is 10.7. The highest BCUT2D eigenvalue weighted by molar-refractivity contribution is 7.17. The zero-order valence-corrected chi connectivity index (χ0v) is 18.6. The van der Waals surface area contributed by atoms with E-state index in [-0.39, 0.29) is 31.8 Å². The van der Waals surface area contributed by atoms with Crippen LogP contribution in [0.1, 0.15) is 29.5 Å². The third-order valence-corrected chi connectivity index (χ3v) is 5.22. The number of methoxy groups -OCH3 is 1. The predicted octanol–water partition coefficient (Wildman–Crippen LogP) is 4.57. The van der Waals surface area contributed by atoms with Crippen molar-refractivity contribution in [1.82, 2.24) is 0 Å². The van der Waals surface area contributed by atoms with Gasteiger partial charge in [0, 0.05) is 0 Å². The standard InChI is InChI=1S/C22H27F3NO5P/c1-29-18-6-2-4-16(12-18)5-3-11-30-20-8-7-17(13-19(20)22(23,24)25)9-10-21(26,14-27)15-31-32-28/h2,4,6-8,12-13,27H,3,5,9-11,14-15,26H2,1H3. The normalized spacial score (nSPS) is 13.7. The Hall–Kier alpha value is -2.19. The molecule has 0 saturated carbocycles. The molecule has 0 aliphatic carbocycles. The summed E-state index contributed by atoms with van der Waals surface area (Å²) in [7, 11) is 0.992. The molecule has 0 bridgehead atoms. The van der Waals surface area contributed by atoms with Crippen molar-refractivity contribution < 1.29 is 36.8 Å². The maximum Gasteiger partial charge on any atom is 0.419 e. The quantitative estimate of drug-likeness (QED) is 0.327. The number of benzene rings is 2. The Morgan fingerprint density at radius 1 is 1.09 bits per heavy atom. The molecule has 1 atom stereocenters. The van der Waals surface area contributed by atoms with E-state index in [1.54, 1.807) is 7.11 Å². The highest BCUT2D eigenvalue weighted by Crippen LogP contribution is 2.37. The predicted molar refractivity (Wildman–Crippen MR) is 114 cm³/mol. The van der Waals surface area contributed by atoms with Gasteiger partial charge in [0.15, 0.2) is 0 Å². The number of nitrogens with two attached hydrogens (primary N) is 1. The summed E-state index contributed by atoms with van der Waals surface area (Å²) in [6.07, 6.45) is -3.08. The number of alkyl halides is 3. The highest BCUT2D eigenvalue weighted by Gasteiger charge is 2.35. The molecular formula is C22H27F3NO5P. The Kier molecular flexibility index (Phi) is 9.90. The lowest BCUT2D eigenvalue weighted by atomic mass is 9.93. The van der Waals surface area contributed by atoms with Crippen molar-refractivity contribution >= 4 is 8.69 Å². The Balaban J connectivity index is 2.01. The summed E-state index contributed by atoms with van der Waals surface area (Å²) >= 11 is 0. The lowest BCUT2D eigenvalue weighted by Crippen LogP contribution is -2.47. The van der Waals surface area contributed by atoms with Gasteiger partial charge < -0.3 is 20.3 Å². The van der Waals surface area contributed by atoms with E-state index in [1.807, 2.05) is 24.3 Å². The van der Waals surface area contributed by atoms with Crippen LogP contribution >= 0.6 is 8.69 Å². The Bertz CT molecular complexity index is 881. The molecule has 2 aromatic rings. The lowest BCUT2D eigenvalue weighted by molar-refractivity contribution is -0.139. The van der Waals surface area contributed by atoms with Gasteiger partial charge >= 0.3 is 14.9 Å². The van der Waals surface area contributed by atoms with Gasteiger partial charge in [-0.25, -0.2) is 4.57 Å². The van der Waals surface area contributed by atoms with Gasteiger partial charge in [0.2, 0.25) is 0 Å². The third-order valence-electron chi connectivity index (χ3n) is 4.98. The summed E-state index contributed by atoms with van der Waals surface area (Å²) in [5, 5.41) is 9.43. The first kappa shape index (κ1) is 26.1. The minimum Gasteiger partial charge on any atom is -0.497 e. The molecule has 6 nitrogen and oxygen atoms in total. The summed E-state index contributed by atoms with van der Waals surface area (Å²) in [6, 6.07) is 11.3. The number of rotatable bonds is 13. The number of aryl methyl sites for hydroxylation is 2. The zero-order chi connectivity index (χ0) is 23.6.